The molecule has 0 saturated heterocycles. The van der Waals surface area contributed by atoms with Crippen molar-refractivity contribution in [3.8, 4) is 11.5 Å². The predicted octanol–water partition coefficient (Wildman–Crippen LogP) is 1.40. The Hall–Kier alpha value is -1.89. The van der Waals surface area contributed by atoms with E-state index in [-0.39, 0.29) is 6.61 Å². The lowest BCUT2D eigenvalue weighted by atomic mass is 10.2. The summed E-state index contributed by atoms with van der Waals surface area (Å²) in [6, 6.07) is 5.89. The van der Waals surface area contributed by atoms with E-state index in [4.69, 9.17) is 14.6 Å². The van der Waals surface area contributed by atoms with Crippen molar-refractivity contribution in [2.24, 2.45) is 0 Å². The molecule has 6 nitrogen and oxygen atoms in total. The third-order valence-corrected chi connectivity index (χ3v) is 3.32. The molecule has 0 aliphatic carbocycles. The molecule has 1 unspecified atom stereocenters. The lowest BCUT2D eigenvalue weighted by Gasteiger charge is -2.14. The number of carbonyl (C=O) groups excluding carboxylic acids is 1. The lowest BCUT2D eigenvalue weighted by Crippen LogP contribution is -2.43. The summed E-state index contributed by atoms with van der Waals surface area (Å²) in [7, 11) is 1.56. The summed E-state index contributed by atoms with van der Waals surface area (Å²) >= 11 is 1.53. The predicted molar refractivity (Wildman–Crippen MR) is 81.1 cm³/mol. The first kappa shape index (κ1) is 17.2. The molecule has 1 atom stereocenters. The van der Waals surface area contributed by atoms with Crippen LogP contribution in [0.4, 0.5) is 0 Å². The summed E-state index contributed by atoms with van der Waals surface area (Å²) in [6.07, 6.45) is 2.26. The van der Waals surface area contributed by atoms with Gasteiger partial charge in [0.05, 0.1) is 7.11 Å². The van der Waals surface area contributed by atoms with Gasteiger partial charge in [0, 0.05) is 0 Å². The molecule has 0 aliphatic rings. The number of nitrogens with one attached hydrogen (secondary N) is 1. The van der Waals surface area contributed by atoms with Crippen molar-refractivity contribution >= 4 is 23.6 Å². The molecule has 0 saturated carbocycles. The van der Waals surface area contributed by atoms with Gasteiger partial charge >= 0.3 is 5.97 Å². The number of thioether (sulfide) groups is 1. The number of ether oxygens (including phenoxy) is 2. The Kier molecular flexibility index (Phi) is 7.45. The largest absolute Gasteiger partial charge is 0.497 e. The molecule has 1 aromatic rings. The summed E-state index contributed by atoms with van der Waals surface area (Å²) < 4.78 is 10.3. The normalized spacial score (nSPS) is 11.5. The van der Waals surface area contributed by atoms with Gasteiger partial charge in [-0.1, -0.05) is 0 Å². The smallest absolute Gasteiger partial charge is 0.326 e. The van der Waals surface area contributed by atoms with Gasteiger partial charge in [0.15, 0.2) is 6.61 Å². The third-order valence-electron chi connectivity index (χ3n) is 2.67. The van der Waals surface area contributed by atoms with Crippen molar-refractivity contribution in [1.82, 2.24) is 5.32 Å². The number of amides is 1. The van der Waals surface area contributed by atoms with Crippen molar-refractivity contribution in [3.63, 3.8) is 0 Å². The minimum Gasteiger partial charge on any atom is -0.497 e. The second kappa shape index (κ2) is 9.12. The van der Waals surface area contributed by atoms with Crippen LogP contribution in [-0.4, -0.2) is 48.8 Å². The van der Waals surface area contributed by atoms with E-state index >= 15 is 0 Å². The highest BCUT2D eigenvalue weighted by Gasteiger charge is 2.19. The summed E-state index contributed by atoms with van der Waals surface area (Å²) in [5, 5.41) is 11.5. The number of rotatable bonds is 9. The molecule has 7 heteroatoms. The van der Waals surface area contributed by atoms with Crippen molar-refractivity contribution in [3.05, 3.63) is 24.3 Å². The lowest BCUT2D eigenvalue weighted by molar-refractivity contribution is -0.142. The van der Waals surface area contributed by atoms with Crippen molar-refractivity contribution in [1.29, 1.82) is 0 Å². The zero-order valence-electron chi connectivity index (χ0n) is 12.0. The molecule has 0 aromatic heterocycles. The van der Waals surface area contributed by atoms with Crippen molar-refractivity contribution in [2.75, 3.05) is 25.7 Å². The summed E-state index contributed by atoms with van der Waals surface area (Å²) in [6.45, 7) is -0.227. The van der Waals surface area contributed by atoms with Crippen LogP contribution in [0.3, 0.4) is 0 Å². The molecule has 21 heavy (non-hydrogen) atoms. The second-order valence-corrected chi connectivity index (χ2v) is 5.19. The maximum atomic E-state index is 11.7. The molecule has 0 heterocycles. The van der Waals surface area contributed by atoms with E-state index in [1.165, 1.54) is 11.8 Å². The van der Waals surface area contributed by atoms with Gasteiger partial charge in [0.1, 0.15) is 17.5 Å². The van der Waals surface area contributed by atoms with Crippen LogP contribution in [0, 0.1) is 0 Å². The zero-order chi connectivity index (χ0) is 15.7. The molecule has 0 radical (unpaired) electrons. The van der Waals surface area contributed by atoms with E-state index in [0.717, 1.165) is 0 Å². The van der Waals surface area contributed by atoms with E-state index < -0.39 is 17.9 Å². The van der Waals surface area contributed by atoms with Gasteiger partial charge < -0.3 is 19.9 Å². The number of carbonyl (C=O) groups is 2. The Bertz CT molecular complexity index is 463. The van der Waals surface area contributed by atoms with Crippen LogP contribution in [0.2, 0.25) is 0 Å². The van der Waals surface area contributed by atoms with Gasteiger partial charge in [-0.2, -0.15) is 11.8 Å². The van der Waals surface area contributed by atoms with Crippen LogP contribution in [0.1, 0.15) is 6.42 Å². The average Bonchev–Trinajstić information content (AvgIpc) is 2.49. The molecule has 0 spiro atoms. The standard InChI is InChI=1S/C14H19NO5S/c1-19-10-3-5-11(6-4-10)20-9-13(16)15-12(14(17)18)7-8-21-2/h3-6,12H,7-9H2,1-2H3,(H,15,16)(H,17,18). The van der Waals surface area contributed by atoms with Crippen LogP contribution in [-0.2, 0) is 9.59 Å². The molecule has 0 fully saturated rings. The second-order valence-electron chi connectivity index (χ2n) is 4.20. The van der Waals surface area contributed by atoms with E-state index in [1.54, 1.807) is 31.4 Å². The highest BCUT2D eigenvalue weighted by molar-refractivity contribution is 7.98. The Labute approximate surface area is 127 Å². The minimum absolute atomic E-state index is 0.227. The zero-order valence-corrected chi connectivity index (χ0v) is 12.8. The van der Waals surface area contributed by atoms with Gasteiger partial charge in [-0.05, 0) is 42.7 Å². The maximum Gasteiger partial charge on any atom is 0.326 e. The Morgan fingerprint density at radius 3 is 2.43 bits per heavy atom. The SMILES string of the molecule is COc1ccc(OCC(=O)NC(CCSC)C(=O)O)cc1. The molecular formula is C14H19NO5S. The Balaban J connectivity index is 2.42. The van der Waals surface area contributed by atoms with E-state index in [9.17, 15) is 9.59 Å². The highest BCUT2D eigenvalue weighted by Crippen LogP contribution is 2.16. The fraction of sp³-hybridized carbons (Fsp3) is 0.429. The quantitative estimate of drug-likeness (QED) is 0.717. The Morgan fingerprint density at radius 2 is 1.90 bits per heavy atom. The van der Waals surface area contributed by atoms with Crippen LogP contribution < -0.4 is 14.8 Å². The number of hydrogen-bond acceptors (Lipinski definition) is 5. The van der Waals surface area contributed by atoms with Crippen LogP contribution >= 0.6 is 11.8 Å². The number of aliphatic carboxylic acids is 1. The highest BCUT2D eigenvalue weighted by atomic mass is 32.2. The van der Waals surface area contributed by atoms with Crippen molar-refractivity contribution < 1.29 is 24.2 Å². The van der Waals surface area contributed by atoms with Crippen LogP contribution in [0.25, 0.3) is 0 Å². The maximum absolute atomic E-state index is 11.7. The van der Waals surface area contributed by atoms with E-state index in [2.05, 4.69) is 5.32 Å². The molecule has 1 rings (SSSR count). The van der Waals surface area contributed by atoms with Crippen molar-refractivity contribution in [2.45, 2.75) is 12.5 Å². The van der Waals surface area contributed by atoms with Gasteiger partial charge in [-0.15, -0.1) is 0 Å². The first-order valence-corrected chi connectivity index (χ1v) is 7.74. The van der Waals surface area contributed by atoms with Gasteiger partial charge in [0.25, 0.3) is 5.91 Å². The minimum atomic E-state index is -1.04. The molecule has 2 N–H and O–H groups in total. The Morgan fingerprint density at radius 1 is 1.29 bits per heavy atom. The van der Waals surface area contributed by atoms with Crippen LogP contribution in [0.15, 0.2) is 24.3 Å². The first-order valence-electron chi connectivity index (χ1n) is 6.34. The summed E-state index contributed by atoms with van der Waals surface area (Å²) in [5.74, 6) is 0.370. The van der Waals surface area contributed by atoms with Gasteiger partial charge in [0.2, 0.25) is 0 Å². The fourth-order valence-corrected chi connectivity index (χ4v) is 2.02. The third kappa shape index (κ3) is 6.40. The van der Waals surface area contributed by atoms with Crippen LogP contribution in [0.5, 0.6) is 11.5 Å². The van der Waals surface area contributed by atoms with Gasteiger partial charge in [-0.3, -0.25) is 4.79 Å². The molecule has 0 aliphatic heterocycles. The number of hydrogen-bond donors (Lipinski definition) is 2. The summed E-state index contributed by atoms with van der Waals surface area (Å²) in [4.78, 5) is 22.7. The molecule has 0 bridgehead atoms. The molecule has 1 aromatic carbocycles. The van der Waals surface area contributed by atoms with E-state index in [0.29, 0.717) is 23.7 Å². The monoisotopic (exact) mass is 313 g/mol. The fourth-order valence-electron chi connectivity index (χ4n) is 1.55. The van der Waals surface area contributed by atoms with Gasteiger partial charge in [-0.25, -0.2) is 4.79 Å². The summed E-state index contributed by atoms with van der Waals surface area (Å²) in [5.41, 5.74) is 0. The number of carboxylic acid groups (broad SMARTS) is 1. The van der Waals surface area contributed by atoms with E-state index in [1.807, 2.05) is 6.26 Å². The molecular weight excluding hydrogens is 294 g/mol. The molecule has 116 valence electrons. The average molecular weight is 313 g/mol. The topological polar surface area (TPSA) is 84.9 Å². The number of carboxylic acids is 1. The number of methoxy groups -OCH3 is 1. The first-order chi connectivity index (χ1) is 10.1. The number of benzene rings is 1. The molecule has 1 amide bonds.